The van der Waals surface area contributed by atoms with Crippen LogP contribution >= 0.6 is 23.2 Å². The fourth-order valence-corrected chi connectivity index (χ4v) is 2.61. The molecule has 0 aromatic heterocycles. The zero-order valence-electron chi connectivity index (χ0n) is 9.07. The average molecular weight is 297 g/mol. The lowest BCUT2D eigenvalue weighted by molar-refractivity contribution is 0.0827. The number of hydrogen-bond donors (Lipinski definition) is 1. The summed E-state index contributed by atoms with van der Waals surface area (Å²) in [4.78, 5) is 12.6. The molecule has 8 heteroatoms. The summed E-state index contributed by atoms with van der Waals surface area (Å²) < 4.78 is 22.5. The first kappa shape index (κ1) is 14.2. The Bertz CT molecular complexity index is 570. The third-order valence-corrected chi connectivity index (χ3v) is 3.62. The van der Waals surface area contributed by atoms with Crippen LogP contribution in [-0.4, -0.2) is 33.3 Å². The highest BCUT2D eigenvalue weighted by Crippen LogP contribution is 2.29. The highest BCUT2D eigenvalue weighted by Gasteiger charge is 2.21. The fraction of sp³-hybridized carbons (Fsp3) is 0.222. The minimum Gasteiger partial charge on any atom is -0.345 e. The van der Waals surface area contributed by atoms with Crippen LogP contribution in [0.15, 0.2) is 17.0 Å². The first-order chi connectivity index (χ1) is 7.64. The summed E-state index contributed by atoms with van der Waals surface area (Å²) in [6, 6.07) is 2.40. The van der Waals surface area contributed by atoms with E-state index in [0.29, 0.717) is 0 Å². The predicted molar refractivity (Wildman–Crippen MR) is 65.9 cm³/mol. The van der Waals surface area contributed by atoms with E-state index in [1.54, 1.807) is 0 Å². The second-order valence-corrected chi connectivity index (χ2v) is 5.85. The topological polar surface area (TPSA) is 80.5 Å². The van der Waals surface area contributed by atoms with E-state index >= 15 is 0 Å². The summed E-state index contributed by atoms with van der Waals surface area (Å²) in [7, 11) is -1.00. The van der Waals surface area contributed by atoms with Crippen LogP contribution in [0.3, 0.4) is 0 Å². The summed E-state index contributed by atoms with van der Waals surface area (Å²) in [6.45, 7) is 0. The van der Waals surface area contributed by atoms with Crippen molar-refractivity contribution in [3.63, 3.8) is 0 Å². The molecule has 0 aliphatic carbocycles. The van der Waals surface area contributed by atoms with E-state index in [9.17, 15) is 13.2 Å². The van der Waals surface area contributed by atoms with Crippen LogP contribution in [0.1, 0.15) is 10.4 Å². The molecule has 1 rings (SSSR count). The average Bonchev–Trinajstić information content (AvgIpc) is 2.18. The van der Waals surface area contributed by atoms with Crippen molar-refractivity contribution in [1.29, 1.82) is 0 Å². The molecular weight excluding hydrogens is 287 g/mol. The summed E-state index contributed by atoms with van der Waals surface area (Å²) in [5.41, 5.74) is -0.00630. The molecule has 0 atom stereocenters. The van der Waals surface area contributed by atoms with Gasteiger partial charge in [0.05, 0.1) is 10.6 Å². The van der Waals surface area contributed by atoms with Crippen molar-refractivity contribution >= 4 is 39.1 Å². The normalized spacial score (nSPS) is 11.4. The number of primary sulfonamides is 1. The molecule has 1 amide bonds. The molecular formula is C9H10Cl2N2O3S. The van der Waals surface area contributed by atoms with Crippen LogP contribution in [0, 0.1) is 0 Å². The standard InChI is InChI=1S/C9H10Cl2N2O3S/c1-13(2)9(14)6-3-5(10)4-7(8(6)11)17(12,15)16/h3-4H,1-2H3,(H2,12,15,16). The van der Waals surface area contributed by atoms with Crippen LogP contribution in [0.25, 0.3) is 0 Å². The molecule has 0 bridgehead atoms. The number of halogens is 2. The van der Waals surface area contributed by atoms with Gasteiger partial charge in [-0.2, -0.15) is 0 Å². The lowest BCUT2D eigenvalue weighted by atomic mass is 10.2. The molecule has 0 fully saturated rings. The second-order valence-electron chi connectivity index (χ2n) is 3.51. The molecule has 0 aliphatic heterocycles. The number of rotatable bonds is 2. The van der Waals surface area contributed by atoms with Crippen LogP contribution in [-0.2, 0) is 10.0 Å². The number of hydrogen-bond acceptors (Lipinski definition) is 3. The Hall–Kier alpha value is -0.820. The Morgan fingerprint density at radius 1 is 1.29 bits per heavy atom. The van der Waals surface area contributed by atoms with Gasteiger partial charge >= 0.3 is 0 Å². The third-order valence-electron chi connectivity index (χ3n) is 1.95. The van der Waals surface area contributed by atoms with Crippen molar-refractivity contribution < 1.29 is 13.2 Å². The molecule has 0 radical (unpaired) electrons. The number of nitrogens with two attached hydrogens (primary N) is 1. The monoisotopic (exact) mass is 296 g/mol. The highest BCUT2D eigenvalue weighted by molar-refractivity contribution is 7.89. The van der Waals surface area contributed by atoms with Gasteiger partial charge in [0.1, 0.15) is 4.90 Å². The number of sulfonamides is 1. The molecule has 0 heterocycles. The third kappa shape index (κ3) is 3.10. The minimum atomic E-state index is -4.02. The fourth-order valence-electron chi connectivity index (χ4n) is 1.17. The van der Waals surface area contributed by atoms with E-state index in [1.807, 2.05) is 0 Å². The van der Waals surface area contributed by atoms with E-state index in [0.717, 1.165) is 6.07 Å². The van der Waals surface area contributed by atoms with Crippen molar-refractivity contribution in [3.05, 3.63) is 27.7 Å². The number of benzene rings is 1. The molecule has 0 unspecified atom stereocenters. The maximum Gasteiger partial charge on any atom is 0.254 e. The lowest BCUT2D eigenvalue weighted by Crippen LogP contribution is -2.23. The zero-order valence-corrected chi connectivity index (χ0v) is 11.4. The smallest absolute Gasteiger partial charge is 0.254 e. The lowest BCUT2D eigenvalue weighted by Gasteiger charge is -2.13. The van der Waals surface area contributed by atoms with E-state index in [-0.39, 0.29) is 20.5 Å². The number of nitrogens with zero attached hydrogens (tertiary/aromatic N) is 1. The first-order valence-corrected chi connectivity index (χ1v) is 6.68. The number of carbonyl (C=O) groups excluding carboxylic acids is 1. The van der Waals surface area contributed by atoms with Crippen molar-refractivity contribution in [1.82, 2.24) is 4.90 Å². The Balaban J connectivity index is 3.56. The van der Waals surface area contributed by atoms with Gasteiger partial charge in [-0.1, -0.05) is 23.2 Å². The summed E-state index contributed by atoms with van der Waals surface area (Å²) in [5, 5.41) is 4.82. The summed E-state index contributed by atoms with van der Waals surface area (Å²) in [6.07, 6.45) is 0. The number of amides is 1. The van der Waals surface area contributed by atoms with Crippen LogP contribution in [0.5, 0.6) is 0 Å². The van der Waals surface area contributed by atoms with Crippen LogP contribution < -0.4 is 5.14 Å². The van der Waals surface area contributed by atoms with Crippen molar-refractivity contribution in [3.8, 4) is 0 Å². The highest BCUT2D eigenvalue weighted by atomic mass is 35.5. The molecule has 2 N–H and O–H groups in total. The van der Waals surface area contributed by atoms with Crippen LogP contribution in [0.4, 0.5) is 0 Å². The van der Waals surface area contributed by atoms with Gasteiger partial charge in [-0.05, 0) is 12.1 Å². The minimum absolute atomic E-state index is 0.00630. The maximum atomic E-state index is 11.7. The molecule has 0 saturated carbocycles. The molecule has 94 valence electrons. The zero-order chi connectivity index (χ0) is 13.4. The summed E-state index contributed by atoms with van der Waals surface area (Å²) >= 11 is 11.6. The number of carbonyl (C=O) groups is 1. The van der Waals surface area contributed by atoms with E-state index in [2.05, 4.69) is 0 Å². The van der Waals surface area contributed by atoms with E-state index in [1.165, 1.54) is 25.1 Å². The SMILES string of the molecule is CN(C)C(=O)c1cc(Cl)cc(S(N)(=O)=O)c1Cl. The van der Waals surface area contributed by atoms with Gasteiger partial charge in [-0.3, -0.25) is 4.79 Å². The second kappa shape index (κ2) is 4.81. The van der Waals surface area contributed by atoms with E-state index in [4.69, 9.17) is 28.3 Å². The molecule has 1 aromatic carbocycles. The molecule has 5 nitrogen and oxygen atoms in total. The van der Waals surface area contributed by atoms with Gasteiger partial charge in [0, 0.05) is 19.1 Å². The van der Waals surface area contributed by atoms with Gasteiger partial charge in [-0.25, -0.2) is 13.6 Å². The van der Waals surface area contributed by atoms with Crippen LogP contribution in [0.2, 0.25) is 10.0 Å². The van der Waals surface area contributed by atoms with Gasteiger partial charge in [0.15, 0.2) is 0 Å². The van der Waals surface area contributed by atoms with Crippen molar-refractivity contribution in [2.75, 3.05) is 14.1 Å². The first-order valence-electron chi connectivity index (χ1n) is 4.38. The van der Waals surface area contributed by atoms with E-state index < -0.39 is 15.9 Å². The van der Waals surface area contributed by atoms with Gasteiger partial charge in [-0.15, -0.1) is 0 Å². The van der Waals surface area contributed by atoms with Gasteiger partial charge in [0.25, 0.3) is 5.91 Å². The molecule has 0 spiro atoms. The van der Waals surface area contributed by atoms with Gasteiger partial charge < -0.3 is 4.90 Å². The Morgan fingerprint density at radius 3 is 2.24 bits per heavy atom. The van der Waals surface area contributed by atoms with Crippen molar-refractivity contribution in [2.24, 2.45) is 5.14 Å². The van der Waals surface area contributed by atoms with Crippen molar-refractivity contribution in [2.45, 2.75) is 4.90 Å². The van der Waals surface area contributed by atoms with Gasteiger partial charge in [0.2, 0.25) is 10.0 Å². The largest absolute Gasteiger partial charge is 0.345 e. The molecule has 0 saturated heterocycles. The Kier molecular flexibility index (Phi) is 4.03. The Morgan fingerprint density at radius 2 is 1.82 bits per heavy atom. The summed E-state index contributed by atoms with van der Waals surface area (Å²) in [5.74, 6) is -0.456. The molecule has 1 aromatic rings. The quantitative estimate of drug-likeness (QED) is 0.894. The molecule has 0 aliphatic rings. The maximum absolute atomic E-state index is 11.7. The molecule has 17 heavy (non-hydrogen) atoms. The Labute approximate surface area is 109 Å². The predicted octanol–water partition coefficient (Wildman–Crippen LogP) is 1.34.